The van der Waals surface area contributed by atoms with Gasteiger partial charge in [-0.1, -0.05) is 13.0 Å². The molecule has 5 heterocycles. The van der Waals surface area contributed by atoms with Crippen LogP contribution in [0.15, 0.2) is 30.3 Å². The van der Waals surface area contributed by atoms with Gasteiger partial charge < -0.3 is 25.4 Å². The van der Waals surface area contributed by atoms with Gasteiger partial charge >= 0.3 is 12.1 Å². The number of anilines is 2. The number of nitrogens with one attached hydrogen (secondary N) is 1. The van der Waals surface area contributed by atoms with E-state index in [-0.39, 0.29) is 53.6 Å². The number of hydrogen-bond donors (Lipinski definition) is 2. The standard InChI is InChI=1S/C35H36F4N6O3/c1-2-22-25(37)6-5-19-11-21(40)12-23(27(19)22)28-26(38)13-24-30(29(28)39)42-32(47-18-34-7-3-10-45(34)15-20(36)14-34)43-31(24)44-9-4-8-35(17-44)16-41-33(46)48-35/h5-6,11-13,20H,2-4,7-10,14-18,40H2,1H3,(H,41,46)/t20-,34+,35+/m1/s1. The highest BCUT2D eigenvalue weighted by atomic mass is 19.1. The normalized spacial score (nSPS) is 25.6. The number of rotatable bonds is 6. The summed E-state index contributed by atoms with van der Waals surface area (Å²) in [6, 6.07) is 7.02. The molecular formula is C35H36F4N6O3. The van der Waals surface area contributed by atoms with Crippen molar-refractivity contribution >= 4 is 39.3 Å². The van der Waals surface area contributed by atoms with Gasteiger partial charge in [0.15, 0.2) is 5.82 Å². The van der Waals surface area contributed by atoms with E-state index in [1.54, 1.807) is 19.1 Å². The van der Waals surface area contributed by atoms with Crippen LogP contribution in [-0.4, -0.2) is 77.6 Å². The molecule has 1 spiro atoms. The molecule has 3 atom stereocenters. The van der Waals surface area contributed by atoms with Crippen LogP contribution in [0.5, 0.6) is 6.01 Å². The van der Waals surface area contributed by atoms with Crippen LogP contribution in [0.4, 0.5) is 33.9 Å². The van der Waals surface area contributed by atoms with E-state index in [1.807, 2.05) is 4.90 Å². The molecule has 8 rings (SSSR count). The minimum Gasteiger partial charge on any atom is -0.461 e. The van der Waals surface area contributed by atoms with E-state index in [4.69, 9.17) is 20.2 Å². The Morgan fingerprint density at radius 1 is 1.10 bits per heavy atom. The molecule has 4 fully saturated rings. The second-order valence-electron chi connectivity index (χ2n) is 13.6. The summed E-state index contributed by atoms with van der Waals surface area (Å²) in [6.45, 7) is 4.00. The monoisotopic (exact) mass is 664 g/mol. The maximum atomic E-state index is 17.0. The molecule has 4 saturated heterocycles. The fourth-order valence-corrected chi connectivity index (χ4v) is 8.45. The van der Waals surface area contributed by atoms with Crippen molar-refractivity contribution in [2.45, 2.75) is 62.8 Å². The largest absolute Gasteiger partial charge is 0.461 e. The highest BCUT2D eigenvalue weighted by Gasteiger charge is 2.49. The van der Waals surface area contributed by atoms with Gasteiger partial charge in [-0.05, 0) is 84.8 Å². The van der Waals surface area contributed by atoms with Gasteiger partial charge in [0.25, 0.3) is 0 Å². The Bertz CT molecular complexity index is 1980. The fourth-order valence-electron chi connectivity index (χ4n) is 8.45. The number of fused-ring (bicyclic) bond motifs is 3. The molecule has 252 valence electrons. The Hall–Kier alpha value is -4.39. The van der Waals surface area contributed by atoms with E-state index in [0.717, 1.165) is 19.4 Å². The van der Waals surface area contributed by atoms with E-state index in [9.17, 15) is 9.18 Å². The summed E-state index contributed by atoms with van der Waals surface area (Å²) in [5.41, 5.74) is 4.98. The smallest absolute Gasteiger partial charge is 0.407 e. The molecule has 0 radical (unpaired) electrons. The molecule has 4 aromatic rings. The third-order valence-electron chi connectivity index (χ3n) is 10.6. The number of halogens is 4. The van der Waals surface area contributed by atoms with Gasteiger partial charge in [0, 0.05) is 30.6 Å². The number of hydrogen-bond acceptors (Lipinski definition) is 8. The Morgan fingerprint density at radius 2 is 1.94 bits per heavy atom. The minimum atomic E-state index is -0.970. The van der Waals surface area contributed by atoms with Crippen molar-refractivity contribution in [1.29, 1.82) is 0 Å². The quantitative estimate of drug-likeness (QED) is 0.190. The van der Waals surface area contributed by atoms with Crippen molar-refractivity contribution in [2.24, 2.45) is 0 Å². The van der Waals surface area contributed by atoms with Crippen LogP contribution in [0.25, 0.3) is 32.8 Å². The number of alkyl carbamates (subject to hydrolysis) is 1. The number of aryl methyl sites for hydroxylation is 1. The van der Waals surface area contributed by atoms with Crippen LogP contribution in [0.3, 0.4) is 0 Å². The number of nitrogens with two attached hydrogens (primary N) is 1. The lowest BCUT2D eigenvalue weighted by atomic mass is 9.91. The first-order chi connectivity index (χ1) is 23.1. The summed E-state index contributed by atoms with van der Waals surface area (Å²) < 4.78 is 74.8. The molecule has 1 aromatic heterocycles. The first-order valence-electron chi connectivity index (χ1n) is 16.5. The fraction of sp³-hybridized carbons (Fsp3) is 0.457. The van der Waals surface area contributed by atoms with Crippen LogP contribution >= 0.6 is 0 Å². The zero-order valence-electron chi connectivity index (χ0n) is 26.6. The molecule has 9 nitrogen and oxygen atoms in total. The lowest BCUT2D eigenvalue weighted by Gasteiger charge is -2.39. The Balaban J connectivity index is 1.29. The lowest BCUT2D eigenvalue weighted by Crippen LogP contribution is -2.51. The lowest BCUT2D eigenvalue weighted by molar-refractivity contribution is 0.0445. The topological polar surface area (TPSA) is 106 Å². The molecule has 0 bridgehead atoms. The predicted molar refractivity (Wildman–Crippen MR) is 173 cm³/mol. The van der Waals surface area contributed by atoms with Crippen molar-refractivity contribution in [1.82, 2.24) is 20.2 Å². The van der Waals surface area contributed by atoms with Gasteiger partial charge in [-0.2, -0.15) is 9.97 Å². The van der Waals surface area contributed by atoms with Crippen LogP contribution in [0.2, 0.25) is 0 Å². The van der Waals surface area contributed by atoms with Gasteiger partial charge in [-0.3, -0.25) is 4.90 Å². The number of benzene rings is 3. The molecule has 4 aliphatic heterocycles. The Morgan fingerprint density at radius 3 is 2.73 bits per heavy atom. The van der Waals surface area contributed by atoms with Crippen LogP contribution in [-0.2, 0) is 11.2 Å². The van der Waals surface area contributed by atoms with Crippen molar-refractivity contribution in [3.63, 3.8) is 0 Å². The van der Waals surface area contributed by atoms with E-state index in [0.29, 0.717) is 55.2 Å². The molecular weight excluding hydrogens is 628 g/mol. The zero-order chi connectivity index (χ0) is 33.4. The zero-order valence-corrected chi connectivity index (χ0v) is 26.6. The third-order valence-corrected chi connectivity index (χ3v) is 10.6. The van der Waals surface area contributed by atoms with Gasteiger partial charge in [0.1, 0.15) is 41.3 Å². The molecule has 0 aliphatic carbocycles. The van der Waals surface area contributed by atoms with Crippen molar-refractivity contribution in [3.8, 4) is 17.1 Å². The molecule has 0 unspecified atom stereocenters. The highest BCUT2D eigenvalue weighted by molar-refractivity contribution is 6.04. The predicted octanol–water partition coefficient (Wildman–Crippen LogP) is 6.05. The van der Waals surface area contributed by atoms with Gasteiger partial charge in [-0.25, -0.2) is 22.4 Å². The molecule has 1 amide bonds. The van der Waals surface area contributed by atoms with E-state index < -0.39 is 46.4 Å². The van der Waals surface area contributed by atoms with Crippen LogP contribution < -0.4 is 20.7 Å². The average Bonchev–Trinajstić information content (AvgIpc) is 3.71. The first-order valence-corrected chi connectivity index (χ1v) is 16.5. The molecule has 13 heteroatoms. The number of nitrogen functional groups attached to an aromatic ring is 1. The minimum absolute atomic E-state index is 0.107. The summed E-state index contributed by atoms with van der Waals surface area (Å²) in [6.07, 6.45) is 2.04. The van der Waals surface area contributed by atoms with Crippen LogP contribution in [0.1, 0.15) is 44.6 Å². The number of alkyl halides is 1. The van der Waals surface area contributed by atoms with Crippen LogP contribution in [0, 0.1) is 17.5 Å². The average molecular weight is 665 g/mol. The Kier molecular flexibility index (Phi) is 7.31. The summed E-state index contributed by atoms with van der Waals surface area (Å²) in [5, 5.41) is 3.74. The maximum absolute atomic E-state index is 17.0. The number of carbonyl (C=O) groups is 1. The summed E-state index contributed by atoms with van der Waals surface area (Å²) in [7, 11) is 0. The van der Waals surface area contributed by atoms with Gasteiger partial charge in [0.05, 0.1) is 24.2 Å². The second kappa shape index (κ2) is 11.4. The van der Waals surface area contributed by atoms with Crippen molar-refractivity contribution in [2.75, 3.05) is 50.0 Å². The summed E-state index contributed by atoms with van der Waals surface area (Å²) in [5.74, 6) is -2.11. The molecule has 4 aliphatic rings. The molecule has 3 N–H and O–H groups in total. The summed E-state index contributed by atoms with van der Waals surface area (Å²) in [4.78, 5) is 25.2. The number of aromatic nitrogens is 2. The van der Waals surface area contributed by atoms with E-state index in [2.05, 4.69) is 15.2 Å². The summed E-state index contributed by atoms with van der Waals surface area (Å²) >= 11 is 0. The molecule has 3 aromatic carbocycles. The molecule has 0 saturated carbocycles. The number of carbonyl (C=O) groups excluding carboxylic acids is 1. The van der Waals surface area contributed by atoms with Gasteiger partial charge in [0.2, 0.25) is 0 Å². The maximum Gasteiger partial charge on any atom is 0.407 e. The van der Waals surface area contributed by atoms with E-state index >= 15 is 13.2 Å². The van der Waals surface area contributed by atoms with Crippen molar-refractivity contribution < 1.29 is 31.8 Å². The van der Waals surface area contributed by atoms with Gasteiger partial charge in [-0.15, -0.1) is 0 Å². The number of piperidine rings is 1. The Labute approximate surface area is 274 Å². The van der Waals surface area contributed by atoms with E-state index in [1.165, 1.54) is 18.2 Å². The number of nitrogens with zero attached hydrogens (tertiary/aromatic N) is 4. The number of ether oxygens (including phenoxy) is 2. The molecule has 48 heavy (non-hydrogen) atoms. The number of amides is 1. The second-order valence-corrected chi connectivity index (χ2v) is 13.6. The highest BCUT2D eigenvalue weighted by Crippen LogP contribution is 2.43. The third kappa shape index (κ3) is 4.96. The first kappa shape index (κ1) is 30.9. The van der Waals surface area contributed by atoms with Crippen molar-refractivity contribution in [3.05, 3.63) is 53.3 Å². The SMILES string of the molecule is CCc1c(F)ccc2cc(N)cc(-c3c(F)cc4c(N5CCC[C@]6(CNC(=O)O6)C5)nc(OC[C@@]56CCCN5C[C@H](F)C6)nc4c3F)c12.